The van der Waals surface area contributed by atoms with Gasteiger partial charge in [-0.15, -0.1) is 0 Å². The molecule has 0 unspecified atom stereocenters. The molecule has 0 fully saturated rings. The number of nitrogens with two attached hydrogens (primary N) is 2. The van der Waals surface area contributed by atoms with Gasteiger partial charge in [-0.25, -0.2) is 11.7 Å². The minimum Gasteiger partial charge on any atom is -0.299 e. The Balaban J connectivity index is 2.83. The van der Waals surface area contributed by atoms with Crippen molar-refractivity contribution in [3.63, 3.8) is 0 Å². The van der Waals surface area contributed by atoms with Crippen molar-refractivity contribution in [2.45, 2.75) is 6.92 Å². The molecule has 5 N–H and O–H groups in total. The number of hydrazine groups is 2. The van der Waals surface area contributed by atoms with E-state index in [1.807, 2.05) is 31.2 Å². The molecule has 4 nitrogen and oxygen atoms in total. The normalized spacial score (nSPS) is 9.46. The van der Waals surface area contributed by atoms with E-state index in [4.69, 9.17) is 23.9 Å². The number of hydrogen-bond acceptors (Lipinski definition) is 3. The molecule has 0 saturated heterocycles. The number of rotatable bonds is 1. The minimum atomic E-state index is 0.281. The molecular formula is C8H12N4S. The highest BCUT2D eigenvalue weighted by atomic mass is 32.1. The van der Waals surface area contributed by atoms with Gasteiger partial charge in [-0.1, -0.05) is 17.7 Å². The van der Waals surface area contributed by atoms with Gasteiger partial charge in [0.05, 0.1) is 5.69 Å². The number of hydrogen-bond donors (Lipinski definition) is 3. The van der Waals surface area contributed by atoms with Crippen molar-refractivity contribution >= 4 is 23.0 Å². The smallest absolute Gasteiger partial charge is 0.202 e. The number of anilines is 1. The third-order valence-corrected chi connectivity index (χ3v) is 1.97. The van der Waals surface area contributed by atoms with Crippen LogP contribution in [0.25, 0.3) is 0 Å². The van der Waals surface area contributed by atoms with Crippen molar-refractivity contribution in [2.24, 2.45) is 11.7 Å². The van der Waals surface area contributed by atoms with Crippen LogP contribution in [0.5, 0.6) is 0 Å². The quantitative estimate of drug-likeness (QED) is 0.345. The largest absolute Gasteiger partial charge is 0.299 e. The highest BCUT2D eigenvalue weighted by Crippen LogP contribution is 2.11. The van der Waals surface area contributed by atoms with Crippen LogP contribution >= 0.6 is 12.2 Å². The summed E-state index contributed by atoms with van der Waals surface area (Å²) < 4.78 is 0. The van der Waals surface area contributed by atoms with Crippen molar-refractivity contribution in [1.29, 1.82) is 0 Å². The Labute approximate surface area is 82.4 Å². The Morgan fingerprint density at radius 3 is 2.38 bits per heavy atom. The highest BCUT2D eigenvalue weighted by Gasteiger charge is 2.04. The fraction of sp³-hybridized carbons (Fsp3) is 0.125. The molecule has 1 aromatic rings. The van der Waals surface area contributed by atoms with E-state index in [0.717, 1.165) is 5.69 Å². The fourth-order valence-electron chi connectivity index (χ4n) is 0.892. The maximum Gasteiger partial charge on any atom is 0.202 e. The molecule has 1 rings (SSSR count). The second-order valence-electron chi connectivity index (χ2n) is 2.66. The SMILES string of the molecule is Cc1ccc(N(N)C(=S)NN)cc1. The fourth-order valence-corrected chi connectivity index (χ4v) is 0.998. The van der Waals surface area contributed by atoms with Crippen molar-refractivity contribution in [1.82, 2.24) is 5.43 Å². The van der Waals surface area contributed by atoms with E-state index in [2.05, 4.69) is 5.43 Å². The van der Waals surface area contributed by atoms with Crippen molar-refractivity contribution in [3.05, 3.63) is 29.8 Å². The second-order valence-corrected chi connectivity index (χ2v) is 3.04. The van der Waals surface area contributed by atoms with Gasteiger partial charge in [0.25, 0.3) is 0 Å². The molecule has 0 radical (unpaired) electrons. The monoisotopic (exact) mass is 196 g/mol. The van der Waals surface area contributed by atoms with Crippen LogP contribution in [0.2, 0.25) is 0 Å². The first-order valence-electron chi connectivity index (χ1n) is 3.77. The topological polar surface area (TPSA) is 67.3 Å². The van der Waals surface area contributed by atoms with E-state index in [1.165, 1.54) is 10.6 Å². The number of nitrogens with one attached hydrogen (secondary N) is 1. The molecule has 13 heavy (non-hydrogen) atoms. The molecule has 70 valence electrons. The number of nitrogens with zero attached hydrogens (tertiary/aromatic N) is 1. The maximum atomic E-state index is 5.65. The first kappa shape index (κ1) is 9.91. The van der Waals surface area contributed by atoms with Gasteiger partial charge >= 0.3 is 0 Å². The van der Waals surface area contributed by atoms with Crippen molar-refractivity contribution < 1.29 is 0 Å². The lowest BCUT2D eigenvalue weighted by molar-refractivity contribution is 0.979. The maximum absolute atomic E-state index is 5.65. The summed E-state index contributed by atoms with van der Waals surface area (Å²) in [5.41, 5.74) is 4.28. The lowest BCUT2D eigenvalue weighted by Crippen LogP contribution is -2.47. The molecule has 1 aromatic carbocycles. The van der Waals surface area contributed by atoms with Gasteiger partial charge in [0.2, 0.25) is 5.11 Å². The van der Waals surface area contributed by atoms with Gasteiger partial charge in [0.15, 0.2) is 0 Å². The van der Waals surface area contributed by atoms with Crippen LogP contribution in [0.3, 0.4) is 0 Å². The molecule has 5 heteroatoms. The molecule has 0 amide bonds. The predicted octanol–water partition coefficient (Wildman–Crippen LogP) is 0.423. The average Bonchev–Trinajstić information content (AvgIpc) is 2.17. The third-order valence-electron chi connectivity index (χ3n) is 1.65. The molecule has 0 aliphatic carbocycles. The summed E-state index contributed by atoms with van der Waals surface area (Å²) in [5, 5.41) is 1.60. The highest BCUT2D eigenvalue weighted by molar-refractivity contribution is 7.80. The van der Waals surface area contributed by atoms with E-state index in [-0.39, 0.29) is 5.11 Å². The minimum absolute atomic E-state index is 0.281. The van der Waals surface area contributed by atoms with Crippen molar-refractivity contribution in [3.8, 4) is 0 Å². The first-order chi connectivity index (χ1) is 6.15. The lowest BCUT2D eigenvalue weighted by atomic mass is 10.2. The van der Waals surface area contributed by atoms with Crippen LogP contribution in [-0.2, 0) is 0 Å². The first-order valence-corrected chi connectivity index (χ1v) is 4.18. The van der Waals surface area contributed by atoms with Crippen LogP contribution < -0.4 is 22.1 Å². The zero-order valence-electron chi connectivity index (χ0n) is 7.32. The van der Waals surface area contributed by atoms with Crippen LogP contribution in [0, 0.1) is 6.92 Å². The predicted molar refractivity (Wildman–Crippen MR) is 57.8 cm³/mol. The Kier molecular flexibility index (Phi) is 3.18. The molecule has 0 saturated carbocycles. The summed E-state index contributed by atoms with van der Waals surface area (Å²) in [6.07, 6.45) is 0. The Hall–Kier alpha value is -1.17. The summed E-state index contributed by atoms with van der Waals surface area (Å²) in [6.45, 7) is 2.00. The lowest BCUT2D eigenvalue weighted by Gasteiger charge is -2.18. The Morgan fingerprint density at radius 1 is 1.38 bits per heavy atom. The molecule has 0 aliphatic rings. The third kappa shape index (κ3) is 2.38. The van der Waals surface area contributed by atoms with Gasteiger partial charge in [-0.2, -0.15) is 0 Å². The number of benzene rings is 1. The van der Waals surface area contributed by atoms with Crippen molar-refractivity contribution in [2.75, 3.05) is 5.01 Å². The van der Waals surface area contributed by atoms with E-state index >= 15 is 0 Å². The summed E-state index contributed by atoms with van der Waals surface area (Å²) in [5.74, 6) is 10.8. The van der Waals surface area contributed by atoms with E-state index in [9.17, 15) is 0 Å². The van der Waals surface area contributed by atoms with Crippen LogP contribution in [0.1, 0.15) is 5.56 Å². The molecule has 0 bridgehead atoms. The van der Waals surface area contributed by atoms with Gasteiger partial charge in [-0.05, 0) is 31.3 Å². The van der Waals surface area contributed by atoms with Gasteiger partial charge in [0, 0.05) is 0 Å². The zero-order chi connectivity index (χ0) is 9.84. The van der Waals surface area contributed by atoms with Gasteiger partial charge < -0.3 is 0 Å². The average molecular weight is 196 g/mol. The molecule has 0 atom stereocenters. The van der Waals surface area contributed by atoms with Crippen LogP contribution in [-0.4, -0.2) is 5.11 Å². The van der Waals surface area contributed by atoms with E-state index in [0.29, 0.717) is 0 Å². The van der Waals surface area contributed by atoms with E-state index < -0.39 is 0 Å². The number of aryl methyl sites for hydroxylation is 1. The molecular weight excluding hydrogens is 184 g/mol. The van der Waals surface area contributed by atoms with Gasteiger partial charge in [-0.3, -0.25) is 10.4 Å². The molecule has 0 aliphatic heterocycles. The Morgan fingerprint density at radius 2 is 1.92 bits per heavy atom. The summed E-state index contributed by atoms with van der Waals surface area (Å²) in [6, 6.07) is 7.65. The van der Waals surface area contributed by atoms with Crippen LogP contribution in [0.4, 0.5) is 5.69 Å². The van der Waals surface area contributed by atoms with Crippen LogP contribution in [0.15, 0.2) is 24.3 Å². The molecule has 0 heterocycles. The molecule has 0 spiro atoms. The van der Waals surface area contributed by atoms with E-state index in [1.54, 1.807) is 0 Å². The zero-order valence-corrected chi connectivity index (χ0v) is 8.14. The summed E-state index contributed by atoms with van der Waals surface area (Å²) >= 11 is 4.86. The standard InChI is InChI=1S/C8H12N4S/c1-6-2-4-7(5-3-6)12(10)8(13)11-9/h2-5H,9-10H2,1H3,(H,11,13). The summed E-state index contributed by atoms with van der Waals surface area (Å²) in [4.78, 5) is 0. The Bertz CT molecular complexity index is 296. The summed E-state index contributed by atoms with van der Waals surface area (Å²) in [7, 11) is 0. The number of thiocarbonyl (C=S) groups is 1. The second kappa shape index (κ2) is 4.18. The van der Waals surface area contributed by atoms with Gasteiger partial charge in [0.1, 0.15) is 0 Å². The molecule has 0 aromatic heterocycles.